The molecule has 0 fully saturated rings. The molecule has 4 heterocycles. The van der Waals surface area contributed by atoms with Gasteiger partial charge >= 0.3 is 5.76 Å². The third kappa shape index (κ3) is 5.95. The van der Waals surface area contributed by atoms with Gasteiger partial charge < -0.3 is 10.2 Å². The van der Waals surface area contributed by atoms with E-state index < -0.39 is 5.76 Å². The minimum absolute atomic E-state index is 0.00112. The van der Waals surface area contributed by atoms with E-state index in [1.807, 2.05) is 0 Å². The predicted molar refractivity (Wildman–Crippen MR) is 148 cm³/mol. The molecule has 0 saturated carbocycles. The Balaban J connectivity index is 0.000000165. The maximum Gasteiger partial charge on any atom is 0.439 e. The van der Waals surface area contributed by atoms with Crippen LogP contribution in [-0.4, -0.2) is 60.9 Å². The first-order valence-corrected chi connectivity index (χ1v) is 12.5. The van der Waals surface area contributed by atoms with Gasteiger partial charge in [-0.1, -0.05) is 63.7 Å². The van der Waals surface area contributed by atoms with E-state index in [-0.39, 0.29) is 40.2 Å². The summed E-state index contributed by atoms with van der Waals surface area (Å²) in [5.74, 6) is -1.00. The lowest BCUT2D eigenvalue weighted by molar-refractivity contribution is 0.387. The monoisotopic (exact) mass is 632 g/mol. The molecule has 6 aromatic rings. The maximum atomic E-state index is 11.0. The van der Waals surface area contributed by atoms with Crippen LogP contribution in [0, 0.1) is 0 Å². The molecule has 18 heteroatoms. The topological polar surface area (TPSA) is 205 Å². The van der Waals surface area contributed by atoms with Crippen molar-refractivity contribution < 1.29 is 14.7 Å². The fourth-order valence-corrected chi connectivity index (χ4v) is 3.99. The molecule has 206 valence electrons. The van der Waals surface area contributed by atoms with E-state index in [1.165, 1.54) is 12.7 Å². The highest BCUT2D eigenvalue weighted by molar-refractivity contribution is 6.42. The highest BCUT2D eigenvalue weighted by Crippen LogP contribution is 2.36. The van der Waals surface area contributed by atoms with Gasteiger partial charge in [0.25, 0.3) is 0 Å². The highest BCUT2D eigenvalue weighted by atomic mass is 35.5. The van der Waals surface area contributed by atoms with Crippen molar-refractivity contribution in [1.29, 1.82) is 0 Å². The van der Waals surface area contributed by atoms with Gasteiger partial charge in [-0.3, -0.25) is 9.51 Å². The van der Waals surface area contributed by atoms with Crippen LogP contribution in [-0.2, 0) is 0 Å². The van der Waals surface area contributed by atoms with Gasteiger partial charge in [0.15, 0.2) is 22.9 Å². The Hall–Kier alpha value is -4.63. The Morgan fingerprint density at radius 3 is 1.73 bits per heavy atom. The molecule has 0 amide bonds. The lowest BCUT2D eigenvalue weighted by Crippen LogP contribution is -1.97. The number of aromatic nitrogens is 10. The van der Waals surface area contributed by atoms with Crippen LogP contribution in [0.2, 0.25) is 20.1 Å². The zero-order valence-corrected chi connectivity index (χ0v) is 22.9. The number of hydrogen-bond donors (Lipinski definition) is 4. The number of aromatic amines is 2. The number of H-pyrrole nitrogens is 2. The van der Waals surface area contributed by atoms with Crippen molar-refractivity contribution in [3.8, 4) is 57.1 Å². The van der Waals surface area contributed by atoms with Crippen molar-refractivity contribution in [3.63, 3.8) is 0 Å². The molecule has 0 aliphatic rings. The van der Waals surface area contributed by atoms with Crippen LogP contribution in [0.1, 0.15) is 0 Å². The molecule has 4 N–H and O–H groups in total. The number of nitrogens with zero attached hydrogens (tertiary/aromatic N) is 8. The van der Waals surface area contributed by atoms with Gasteiger partial charge in [0.05, 0.1) is 20.1 Å². The van der Waals surface area contributed by atoms with Gasteiger partial charge in [-0.25, -0.2) is 24.7 Å². The van der Waals surface area contributed by atoms with Crippen LogP contribution in [0.15, 0.2) is 58.4 Å². The molecule has 41 heavy (non-hydrogen) atoms. The Bertz CT molecular complexity index is 1910. The second kappa shape index (κ2) is 11.9. The number of rotatable bonds is 4. The van der Waals surface area contributed by atoms with Crippen LogP contribution in [0.5, 0.6) is 11.5 Å². The van der Waals surface area contributed by atoms with E-state index in [4.69, 9.17) is 46.4 Å². The minimum atomic E-state index is -0.751. The van der Waals surface area contributed by atoms with Crippen molar-refractivity contribution in [1.82, 2.24) is 50.7 Å². The highest BCUT2D eigenvalue weighted by Gasteiger charge is 2.18. The molecule has 6 rings (SSSR count). The Morgan fingerprint density at radius 2 is 1.24 bits per heavy atom. The third-order valence-electron chi connectivity index (χ3n) is 5.25. The first-order chi connectivity index (χ1) is 19.7. The molecule has 0 bridgehead atoms. The van der Waals surface area contributed by atoms with Crippen molar-refractivity contribution in [3.05, 3.63) is 79.7 Å². The standard InChI is InChI=1S/C12H6Cl2N4O3.C11H6Cl2N6O/c13-6-2-1-5(3-7(6)14)8-10(19)9(16-4-15-8)11-17-12(20)21-18-11;12-6-2-1-5(3-7(6)13)8-10(20)9(15-4-14-8)11-16-18-19-17-11/h1-4,19H,(H,17,18,20);1-4,20H,(H,16,17,18,19). The van der Waals surface area contributed by atoms with E-state index in [0.717, 1.165) is 0 Å². The quantitative estimate of drug-likeness (QED) is 0.206. The van der Waals surface area contributed by atoms with Crippen LogP contribution >= 0.6 is 46.4 Å². The normalized spacial score (nSPS) is 10.7. The Kier molecular flexibility index (Phi) is 8.07. The average molecular weight is 634 g/mol. The fourth-order valence-electron chi connectivity index (χ4n) is 3.40. The Labute approximate surface area is 248 Å². The molecule has 0 spiro atoms. The maximum absolute atomic E-state index is 11.0. The smallest absolute Gasteiger partial charge is 0.439 e. The van der Waals surface area contributed by atoms with Gasteiger partial charge in [-0.2, -0.15) is 5.21 Å². The van der Waals surface area contributed by atoms with Crippen molar-refractivity contribution in [2.75, 3.05) is 0 Å². The van der Waals surface area contributed by atoms with Gasteiger partial charge in [-0.15, -0.1) is 10.2 Å². The first-order valence-electron chi connectivity index (χ1n) is 11.0. The summed E-state index contributed by atoms with van der Waals surface area (Å²) >= 11 is 23.6. The number of halogens is 4. The van der Waals surface area contributed by atoms with Crippen molar-refractivity contribution >= 4 is 46.4 Å². The van der Waals surface area contributed by atoms with E-state index in [9.17, 15) is 15.0 Å². The van der Waals surface area contributed by atoms with Crippen molar-refractivity contribution in [2.45, 2.75) is 0 Å². The van der Waals surface area contributed by atoms with Crippen LogP contribution in [0.3, 0.4) is 0 Å². The fraction of sp³-hybridized carbons (Fsp3) is 0. The molecule has 4 aromatic heterocycles. The zero-order valence-electron chi connectivity index (χ0n) is 19.9. The molecule has 14 nitrogen and oxygen atoms in total. The van der Waals surface area contributed by atoms with Gasteiger partial charge in [0, 0.05) is 11.1 Å². The van der Waals surface area contributed by atoms with Crippen LogP contribution < -0.4 is 5.76 Å². The number of nitrogens with one attached hydrogen (secondary N) is 2. The molecule has 0 aliphatic heterocycles. The molecular weight excluding hydrogens is 622 g/mol. The lowest BCUT2D eigenvalue weighted by Gasteiger charge is -2.07. The van der Waals surface area contributed by atoms with E-state index >= 15 is 0 Å². The van der Waals surface area contributed by atoms with Crippen molar-refractivity contribution in [2.24, 2.45) is 0 Å². The number of aromatic hydroxyl groups is 2. The van der Waals surface area contributed by atoms with Gasteiger partial charge in [0.2, 0.25) is 11.6 Å². The number of benzene rings is 2. The summed E-state index contributed by atoms with van der Waals surface area (Å²) in [6.07, 6.45) is 2.52. The molecule has 2 aromatic carbocycles. The Morgan fingerprint density at radius 1 is 0.707 bits per heavy atom. The SMILES string of the molecule is O=c1[nH]c(-c2ncnc(-c3ccc(Cl)c(Cl)c3)c2O)no1.Oc1c(-c2ccc(Cl)c(Cl)c2)ncnc1-c1nn[nH]n1. The molecule has 0 unspecified atom stereocenters. The summed E-state index contributed by atoms with van der Waals surface area (Å²) < 4.78 is 4.38. The molecular formula is C23H12Cl4N10O4. The van der Waals surface area contributed by atoms with E-state index in [1.54, 1.807) is 36.4 Å². The van der Waals surface area contributed by atoms with Gasteiger partial charge in [0.1, 0.15) is 24.0 Å². The van der Waals surface area contributed by atoms with E-state index in [0.29, 0.717) is 36.9 Å². The largest absolute Gasteiger partial charge is 0.504 e. The summed E-state index contributed by atoms with van der Waals surface area (Å²) in [5.41, 5.74) is 1.88. The van der Waals surface area contributed by atoms with E-state index in [2.05, 4.69) is 55.2 Å². The predicted octanol–water partition coefficient (Wildman–Crippen LogP) is 4.84. The second-order valence-corrected chi connectivity index (χ2v) is 9.40. The number of hydrogen-bond acceptors (Lipinski definition) is 12. The molecule has 0 saturated heterocycles. The lowest BCUT2D eigenvalue weighted by atomic mass is 10.1. The summed E-state index contributed by atoms with van der Waals surface area (Å²) in [4.78, 5) is 29.1. The molecule has 0 aliphatic carbocycles. The summed E-state index contributed by atoms with van der Waals surface area (Å²) in [6.45, 7) is 0. The summed E-state index contributed by atoms with van der Waals surface area (Å²) in [6, 6.07) is 9.70. The summed E-state index contributed by atoms with van der Waals surface area (Å²) in [7, 11) is 0. The van der Waals surface area contributed by atoms with Gasteiger partial charge in [-0.05, 0) is 29.5 Å². The third-order valence-corrected chi connectivity index (χ3v) is 6.73. The minimum Gasteiger partial charge on any atom is -0.504 e. The van der Waals surface area contributed by atoms with Crippen LogP contribution in [0.25, 0.3) is 45.6 Å². The zero-order chi connectivity index (χ0) is 29.1. The number of tetrazole rings is 1. The van der Waals surface area contributed by atoms with Crippen LogP contribution in [0.4, 0.5) is 0 Å². The molecule has 0 atom stereocenters. The second-order valence-electron chi connectivity index (χ2n) is 7.78. The summed E-state index contributed by atoms with van der Waals surface area (Å²) in [5, 5.41) is 38.7. The average Bonchev–Trinajstić information content (AvgIpc) is 3.65. The first kappa shape index (κ1) is 27.9. The molecule has 0 radical (unpaired) electrons.